The van der Waals surface area contributed by atoms with E-state index in [2.05, 4.69) is 29.1 Å². The van der Waals surface area contributed by atoms with Crippen molar-refractivity contribution in [3.05, 3.63) is 23.2 Å². The van der Waals surface area contributed by atoms with Crippen molar-refractivity contribution in [2.75, 3.05) is 13.1 Å². The molecular weight excluding hydrogens is 240 g/mol. The third kappa shape index (κ3) is 2.73. The van der Waals surface area contributed by atoms with Gasteiger partial charge < -0.3 is 10.2 Å². The van der Waals surface area contributed by atoms with Crippen LogP contribution in [-0.4, -0.2) is 45.9 Å². The van der Waals surface area contributed by atoms with Crippen molar-refractivity contribution in [2.24, 2.45) is 0 Å². The summed E-state index contributed by atoms with van der Waals surface area (Å²) in [7, 11) is 0. The van der Waals surface area contributed by atoms with Crippen molar-refractivity contribution in [3.8, 4) is 0 Å². The molecule has 5 nitrogen and oxygen atoms in total. The predicted molar refractivity (Wildman–Crippen MR) is 65.0 cm³/mol. The number of carbonyl (C=O) groups excluding carboxylic acids is 1. The van der Waals surface area contributed by atoms with Crippen LogP contribution >= 0.6 is 11.6 Å². The molecule has 0 aliphatic carbocycles. The highest BCUT2D eigenvalue weighted by Gasteiger charge is 2.27. The molecule has 6 heteroatoms. The Morgan fingerprint density at radius 1 is 1.47 bits per heavy atom. The Kier molecular flexibility index (Phi) is 3.59. The van der Waals surface area contributed by atoms with Gasteiger partial charge >= 0.3 is 0 Å². The molecule has 0 aromatic carbocycles. The Bertz CT molecular complexity index is 416. The first-order chi connectivity index (χ1) is 8.08. The zero-order valence-electron chi connectivity index (χ0n) is 9.85. The summed E-state index contributed by atoms with van der Waals surface area (Å²) in [4.78, 5) is 21.7. The number of amides is 1. The quantitative estimate of drug-likeness (QED) is 0.811. The first kappa shape index (κ1) is 12.3. The van der Waals surface area contributed by atoms with E-state index in [0.717, 1.165) is 0 Å². The van der Waals surface area contributed by atoms with Gasteiger partial charge in [-0.15, -0.1) is 0 Å². The summed E-state index contributed by atoms with van der Waals surface area (Å²) in [5, 5.41) is 3.67. The first-order valence-electron chi connectivity index (χ1n) is 5.58. The lowest BCUT2D eigenvalue weighted by Crippen LogP contribution is -2.56. The number of carbonyl (C=O) groups is 1. The molecule has 1 amide bonds. The molecule has 1 saturated heterocycles. The van der Waals surface area contributed by atoms with Crippen LogP contribution in [0, 0.1) is 0 Å². The van der Waals surface area contributed by atoms with E-state index in [9.17, 15) is 4.79 Å². The van der Waals surface area contributed by atoms with Gasteiger partial charge in [0, 0.05) is 31.4 Å². The minimum Gasteiger partial charge on any atom is -0.334 e. The van der Waals surface area contributed by atoms with Crippen molar-refractivity contribution >= 4 is 17.5 Å². The topological polar surface area (TPSA) is 58.1 Å². The van der Waals surface area contributed by atoms with Gasteiger partial charge in [0.05, 0.1) is 5.02 Å². The van der Waals surface area contributed by atoms with Crippen LogP contribution in [0.1, 0.15) is 24.3 Å². The number of aromatic nitrogens is 2. The largest absolute Gasteiger partial charge is 0.334 e. The highest BCUT2D eigenvalue weighted by atomic mass is 35.5. The van der Waals surface area contributed by atoms with Gasteiger partial charge in [0.2, 0.25) is 0 Å². The van der Waals surface area contributed by atoms with Crippen LogP contribution in [-0.2, 0) is 0 Å². The Morgan fingerprint density at radius 3 is 2.71 bits per heavy atom. The lowest BCUT2D eigenvalue weighted by Gasteiger charge is -2.36. The molecular formula is C11H15ClN4O. The molecule has 1 aromatic heterocycles. The summed E-state index contributed by atoms with van der Waals surface area (Å²) in [6, 6.07) is 0.562. The average molecular weight is 255 g/mol. The Morgan fingerprint density at radius 2 is 2.12 bits per heavy atom. The number of nitrogens with one attached hydrogen (secondary N) is 1. The van der Waals surface area contributed by atoms with E-state index >= 15 is 0 Å². The van der Waals surface area contributed by atoms with Crippen LogP contribution in [0.5, 0.6) is 0 Å². The van der Waals surface area contributed by atoms with E-state index in [4.69, 9.17) is 11.6 Å². The van der Waals surface area contributed by atoms with Gasteiger partial charge in [0.25, 0.3) is 5.91 Å². The van der Waals surface area contributed by atoms with E-state index in [1.54, 1.807) is 4.90 Å². The van der Waals surface area contributed by atoms with E-state index in [1.807, 2.05) is 0 Å². The molecule has 1 aromatic rings. The fourth-order valence-corrected chi connectivity index (χ4v) is 2.30. The molecule has 1 aliphatic rings. The maximum Gasteiger partial charge on any atom is 0.274 e. The molecule has 2 heterocycles. The summed E-state index contributed by atoms with van der Waals surface area (Å²) in [5.74, 6) is -0.127. The van der Waals surface area contributed by atoms with Gasteiger partial charge in [-0.3, -0.25) is 4.79 Å². The summed E-state index contributed by atoms with van der Waals surface area (Å²) < 4.78 is 0. The smallest absolute Gasteiger partial charge is 0.274 e. The number of hydrogen-bond donors (Lipinski definition) is 1. The van der Waals surface area contributed by atoms with Crippen molar-refractivity contribution in [1.82, 2.24) is 20.2 Å². The van der Waals surface area contributed by atoms with E-state index < -0.39 is 0 Å². The third-order valence-electron chi connectivity index (χ3n) is 2.71. The Labute approximate surface area is 105 Å². The molecule has 0 radical (unpaired) electrons. The molecule has 0 spiro atoms. The van der Waals surface area contributed by atoms with Crippen molar-refractivity contribution < 1.29 is 4.79 Å². The van der Waals surface area contributed by atoms with Crippen LogP contribution < -0.4 is 5.32 Å². The predicted octanol–water partition coefficient (Wildman–Crippen LogP) is 0.952. The molecule has 1 N–H and O–H groups in total. The van der Waals surface area contributed by atoms with Gasteiger partial charge in [-0.05, 0) is 13.8 Å². The van der Waals surface area contributed by atoms with Gasteiger partial charge in [-0.25, -0.2) is 9.97 Å². The number of hydrogen-bond acceptors (Lipinski definition) is 4. The van der Waals surface area contributed by atoms with E-state index in [1.165, 1.54) is 12.5 Å². The number of rotatable bonds is 1. The highest BCUT2D eigenvalue weighted by Crippen LogP contribution is 2.15. The second-order valence-electron chi connectivity index (χ2n) is 4.40. The summed E-state index contributed by atoms with van der Waals surface area (Å²) >= 11 is 5.92. The van der Waals surface area contributed by atoms with E-state index in [0.29, 0.717) is 18.1 Å². The number of piperazine rings is 1. The zero-order chi connectivity index (χ0) is 12.4. The molecule has 0 bridgehead atoms. The molecule has 17 heavy (non-hydrogen) atoms. The van der Waals surface area contributed by atoms with Crippen LogP contribution in [0.3, 0.4) is 0 Å². The summed E-state index contributed by atoms with van der Waals surface area (Å²) in [5.41, 5.74) is 0.281. The van der Waals surface area contributed by atoms with Crippen LogP contribution in [0.15, 0.2) is 12.5 Å². The minimum atomic E-state index is -0.127. The maximum absolute atomic E-state index is 12.2. The Hall–Kier alpha value is -1.20. The molecule has 1 aliphatic heterocycles. The average Bonchev–Trinajstić information content (AvgIpc) is 2.27. The molecule has 0 unspecified atom stereocenters. The number of nitrogens with zero attached hydrogens (tertiary/aromatic N) is 3. The fourth-order valence-electron chi connectivity index (χ4n) is 2.11. The second-order valence-corrected chi connectivity index (χ2v) is 4.81. The minimum absolute atomic E-state index is 0.127. The fraction of sp³-hybridized carbons (Fsp3) is 0.545. The first-order valence-corrected chi connectivity index (χ1v) is 5.96. The zero-order valence-corrected chi connectivity index (χ0v) is 10.6. The molecule has 1 fully saturated rings. The van der Waals surface area contributed by atoms with Crippen LogP contribution in [0.2, 0.25) is 5.02 Å². The summed E-state index contributed by atoms with van der Waals surface area (Å²) in [6.07, 6.45) is 2.78. The monoisotopic (exact) mass is 254 g/mol. The van der Waals surface area contributed by atoms with Gasteiger partial charge in [0.1, 0.15) is 12.0 Å². The van der Waals surface area contributed by atoms with Crippen molar-refractivity contribution in [2.45, 2.75) is 25.9 Å². The standard InChI is InChI=1S/C11H15ClN4O/c1-7-4-16(5-8(2)15-7)11(17)10-9(12)3-13-6-14-10/h3,6-8,15H,4-5H2,1-2H3/t7-,8-/m1/s1. The molecule has 2 atom stereocenters. The summed E-state index contributed by atoms with van der Waals surface area (Å²) in [6.45, 7) is 5.45. The highest BCUT2D eigenvalue weighted by molar-refractivity contribution is 6.33. The molecule has 92 valence electrons. The molecule has 0 saturated carbocycles. The van der Waals surface area contributed by atoms with Crippen molar-refractivity contribution in [3.63, 3.8) is 0 Å². The maximum atomic E-state index is 12.2. The Balaban J connectivity index is 2.17. The van der Waals surface area contributed by atoms with Gasteiger partial charge in [-0.1, -0.05) is 11.6 Å². The van der Waals surface area contributed by atoms with Gasteiger partial charge in [0.15, 0.2) is 0 Å². The van der Waals surface area contributed by atoms with E-state index in [-0.39, 0.29) is 23.7 Å². The lowest BCUT2D eigenvalue weighted by molar-refractivity contribution is 0.0668. The molecule has 2 rings (SSSR count). The SMILES string of the molecule is C[C@@H]1CN(C(=O)c2ncncc2Cl)C[C@@H](C)N1. The number of halogens is 1. The second kappa shape index (κ2) is 4.98. The lowest BCUT2D eigenvalue weighted by atomic mass is 10.1. The third-order valence-corrected chi connectivity index (χ3v) is 2.99. The van der Waals surface area contributed by atoms with Crippen molar-refractivity contribution in [1.29, 1.82) is 0 Å². The normalized spacial score (nSPS) is 24.8. The van der Waals surface area contributed by atoms with Crippen LogP contribution in [0.25, 0.3) is 0 Å². The van der Waals surface area contributed by atoms with Crippen LogP contribution in [0.4, 0.5) is 0 Å². The van der Waals surface area contributed by atoms with Gasteiger partial charge in [-0.2, -0.15) is 0 Å².